The zero-order chi connectivity index (χ0) is 17.2. The average Bonchev–Trinajstić information content (AvgIpc) is 3.38. The minimum Gasteiger partial charge on any atom is -0.440 e. The number of aryl methyl sites for hydroxylation is 1. The number of hydrogen-bond acceptors (Lipinski definition) is 6. The molecule has 0 aliphatic carbocycles. The van der Waals surface area contributed by atoms with Crippen LogP contribution in [0.4, 0.5) is 0 Å². The van der Waals surface area contributed by atoms with Crippen molar-refractivity contribution in [1.29, 1.82) is 0 Å². The van der Waals surface area contributed by atoms with Gasteiger partial charge in [-0.2, -0.15) is 0 Å². The Kier molecular flexibility index (Phi) is 4.87. The lowest BCUT2D eigenvalue weighted by Gasteiger charge is -2.35. The predicted octanol–water partition coefficient (Wildman–Crippen LogP) is 2.53. The van der Waals surface area contributed by atoms with Gasteiger partial charge in [-0.25, -0.2) is 4.98 Å². The molecule has 1 atom stereocenters. The second-order valence-corrected chi connectivity index (χ2v) is 7.55. The third-order valence-corrected chi connectivity index (χ3v) is 5.74. The van der Waals surface area contributed by atoms with Crippen molar-refractivity contribution in [3.05, 3.63) is 29.0 Å². The molecule has 0 radical (unpaired) electrons. The number of nitrogens with zero attached hydrogens (tertiary/aromatic N) is 3. The van der Waals surface area contributed by atoms with Crippen molar-refractivity contribution in [3.63, 3.8) is 0 Å². The first-order chi connectivity index (χ1) is 12.2. The molecule has 2 saturated heterocycles. The largest absolute Gasteiger partial charge is 0.440 e. The summed E-state index contributed by atoms with van der Waals surface area (Å²) in [5.41, 5.74) is 0.988. The van der Waals surface area contributed by atoms with Crippen molar-refractivity contribution in [2.24, 2.45) is 0 Å². The van der Waals surface area contributed by atoms with E-state index < -0.39 is 0 Å². The van der Waals surface area contributed by atoms with Crippen molar-refractivity contribution in [3.8, 4) is 10.8 Å². The van der Waals surface area contributed by atoms with Gasteiger partial charge in [-0.1, -0.05) is 6.07 Å². The summed E-state index contributed by atoms with van der Waals surface area (Å²) in [5, 5.41) is 2.03. The number of carbonyl (C=O) groups excluding carboxylic acids is 1. The van der Waals surface area contributed by atoms with Gasteiger partial charge < -0.3 is 14.1 Å². The van der Waals surface area contributed by atoms with E-state index in [2.05, 4.69) is 9.88 Å². The number of carbonyl (C=O) groups is 1. The van der Waals surface area contributed by atoms with Crippen LogP contribution < -0.4 is 0 Å². The van der Waals surface area contributed by atoms with Crippen LogP contribution in [0.15, 0.2) is 21.9 Å². The molecule has 0 saturated carbocycles. The quantitative estimate of drug-likeness (QED) is 0.838. The van der Waals surface area contributed by atoms with E-state index >= 15 is 0 Å². The first kappa shape index (κ1) is 16.8. The Balaban J connectivity index is 1.33. The molecule has 25 heavy (non-hydrogen) atoms. The zero-order valence-corrected chi connectivity index (χ0v) is 15.3. The van der Waals surface area contributed by atoms with E-state index in [-0.39, 0.29) is 12.0 Å². The zero-order valence-electron chi connectivity index (χ0n) is 14.4. The molecule has 6 nitrogen and oxygen atoms in total. The van der Waals surface area contributed by atoms with Gasteiger partial charge >= 0.3 is 0 Å². The van der Waals surface area contributed by atoms with Gasteiger partial charge in [0.25, 0.3) is 5.91 Å². The highest BCUT2D eigenvalue weighted by Crippen LogP contribution is 2.26. The fraction of sp³-hybridized carbons (Fsp3) is 0.556. The summed E-state index contributed by atoms with van der Waals surface area (Å²) >= 11 is 1.63. The Morgan fingerprint density at radius 3 is 2.88 bits per heavy atom. The highest BCUT2D eigenvalue weighted by atomic mass is 32.1. The van der Waals surface area contributed by atoms with Crippen molar-refractivity contribution in [2.45, 2.75) is 32.4 Å². The summed E-state index contributed by atoms with van der Waals surface area (Å²) in [5.74, 6) is 1.74. The Morgan fingerprint density at radius 2 is 2.20 bits per heavy atom. The first-order valence-corrected chi connectivity index (χ1v) is 9.71. The molecule has 1 amide bonds. The molecule has 0 bridgehead atoms. The van der Waals surface area contributed by atoms with E-state index in [0.717, 1.165) is 61.9 Å². The molecule has 0 aromatic carbocycles. The van der Waals surface area contributed by atoms with E-state index in [9.17, 15) is 4.79 Å². The molecular formula is C18H23N3O3S. The molecule has 2 aromatic rings. The maximum atomic E-state index is 12.4. The van der Waals surface area contributed by atoms with Crippen molar-refractivity contribution in [1.82, 2.24) is 14.8 Å². The standard InChI is InChI=1S/C18H23N3O3S/c1-13-14(19-17(24-13)16-5-3-11-25-16)12-20-6-8-21(9-7-20)18(22)15-4-2-10-23-15/h3,5,11,15H,2,4,6-10,12H2,1H3. The SMILES string of the molecule is Cc1oc(-c2cccs2)nc1CN1CCN(C(=O)C2CCCO2)CC1. The number of rotatable bonds is 4. The van der Waals surface area contributed by atoms with Crippen LogP contribution >= 0.6 is 11.3 Å². The summed E-state index contributed by atoms with van der Waals surface area (Å²) in [7, 11) is 0. The van der Waals surface area contributed by atoms with Crippen molar-refractivity contribution >= 4 is 17.2 Å². The summed E-state index contributed by atoms with van der Waals surface area (Å²) in [6, 6.07) is 4.03. The second-order valence-electron chi connectivity index (χ2n) is 6.60. The molecule has 2 aliphatic heterocycles. The van der Waals surface area contributed by atoms with Crippen LogP contribution in [0.3, 0.4) is 0 Å². The van der Waals surface area contributed by atoms with Crippen LogP contribution in [0.25, 0.3) is 10.8 Å². The van der Waals surface area contributed by atoms with Crippen LogP contribution in [-0.2, 0) is 16.1 Å². The Labute approximate surface area is 151 Å². The van der Waals surface area contributed by atoms with E-state index in [1.54, 1.807) is 11.3 Å². The van der Waals surface area contributed by atoms with Crippen LogP contribution in [0.2, 0.25) is 0 Å². The number of piperazine rings is 1. The van der Waals surface area contributed by atoms with E-state index in [1.165, 1.54) is 0 Å². The topological polar surface area (TPSA) is 58.8 Å². The van der Waals surface area contributed by atoms with Crippen LogP contribution in [-0.4, -0.2) is 59.6 Å². The van der Waals surface area contributed by atoms with Crippen molar-refractivity contribution in [2.75, 3.05) is 32.8 Å². The normalized spacial score (nSPS) is 21.8. The maximum Gasteiger partial charge on any atom is 0.251 e. The van der Waals surface area contributed by atoms with Crippen LogP contribution in [0, 0.1) is 6.92 Å². The van der Waals surface area contributed by atoms with Crippen molar-refractivity contribution < 1.29 is 13.9 Å². The lowest BCUT2D eigenvalue weighted by molar-refractivity contribution is -0.142. The summed E-state index contributed by atoms with van der Waals surface area (Å²) in [6.07, 6.45) is 1.65. The number of amides is 1. The first-order valence-electron chi connectivity index (χ1n) is 8.83. The summed E-state index contributed by atoms with van der Waals surface area (Å²) in [4.78, 5) is 22.4. The highest BCUT2D eigenvalue weighted by molar-refractivity contribution is 7.13. The highest BCUT2D eigenvalue weighted by Gasteiger charge is 2.30. The third kappa shape index (κ3) is 3.63. The summed E-state index contributed by atoms with van der Waals surface area (Å²) in [6.45, 7) is 6.69. The van der Waals surface area contributed by atoms with Gasteiger partial charge in [0.15, 0.2) is 0 Å². The lowest BCUT2D eigenvalue weighted by Crippen LogP contribution is -2.51. The molecule has 2 aromatic heterocycles. The smallest absolute Gasteiger partial charge is 0.251 e. The molecule has 4 heterocycles. The van der Waals surface area contributed by atoms with Gasteiger partial charge in [0.05, 0.1) is 10.6 Å². The summed E-state index contributed by atoms with van der Waals surface area (Å²) < 4.78 is 11.3. The third-order valence-electron chi connectivity index (χ3n) is 4.89. The van der Waals surface area contributed by atoms with Crippen LogP contribution in [0.5, 0.6) is 0 Å². The van der Waals surface area contributed by atoms with Gasteiger partial charge in [0.2, 0.25) is 5.89 Å². The Hall–Kier alpha value is -1.70. The maximum absolute atomic E-state index is 12.4. The monoisotopic (exact) mass is 361 g/mol. The van der Waals surface area contributed by atoms with E-state index in [4.69, 9.17) is 9.15 Å². The van der Waals surface area contributed by atoms with Gasteiger partial charge in [-0.3, -0.25) is 9.69 Å². The van der Waals surface area contributed by atoms with Gasteiger partial charge in [0.1, 0.15) is 11.9 Å². The predicted molar refractivity (Wildman–Crippen MR) is 95.4 cm³/mol. The number of aromatic nitrogens is 1. The Bertz CT molecular complexity index is 714. The minimum absolute atomic E-state index is 0.162. The average molecular weight is 361 g/mol. The number of thiophene rings is 1. The number of ether oxygens (including phenoxy) is 1. The van der Waals surface area contributed by atoms with Gasteiger partial charge in [-0.05, 0) is 31.2 Å². The van der Waals surface area contributed by atoms with E-state index in [0.29, 0.717) is 12.5 Å². The molecule has 0 spiro atoms. The molecule has 4 rings (SSSR count). The molecule has 2 fully saturated rings. The lowest BCUT2D eigenvalue weighted by atomic mass is 10.2. The molecule has 2 aliphatic rings. The van der Waals surface area contributed by atoms with Gasteiger partial charge in [0, 0.05) is 39.3 Å². The fourth-order valence-electron chi connectivity index (χ4n) is 3.39. The second kappa shape index (κ2) is 7.27. The number of oxazole rings is 1. The molecule has 1 unspecified atom stereocenters. The molecule has 0 N–H and O–H groups in total. The Morgan fingerprint density at radius 1 is 1.36 bits per heavy atom. The number of hydrogen-bond donors (Lipinski definition) is 0. The van der Waals surface area contributed by atoms with Crippen LogP contribution in [0.1, 0.15) is 24.3 Å². The van der Waals surface area contributed by atoms with E-state index in [1.807, 2.05) is 29.3 Å². The van der Waals surface area contributed by atoms with Gasteiger partial charge in [-0.15, -0.1) is 11.3 Å². The molecular weight excluding hydrogens is 338 g/mol. The molecule has 134 valence electrons. The fourth-order valence-corrected chi connectivity index (χ4v) is 4.04. The molecule has 7 heteroatoms. The minimum atomic E-state index is -0.210.